The maximum atomic E-state index is 10.7. The minimum Gasteiger partial charge on any atom is -0.480 e. The average molecular weight is 189 g/mol. The van der Waals surface area contributed by atoms with Crippen LogP contribution in [-0.2, 0) is 14.3 Å². The molecule has 5 heteroatoms. The van der Waals surface area contributed by atoms with Crippen LogP contribution in [0.2, 0.25) is 0 Å². The Morgan fingerprint density at radius 1 is 1.46 bits per heavy atom. The smallest absolute Gasteiger partial charge is 0.329 e. The lowest BCUT2D eigenvalue weighted by Gasteiger charge is -2.30. The first-order chi connectivity index (χ1) is 5.81. The molecule has 1 unspecified atom stereocenters. The molecular weight excluding hydrogens is 174 g/mol. The molecule has 0 saturated carbocycles. The summed E-state index contributed by atoms with van der Waals surface area (Å²) in [5, 5.41) is 11.1. The van der Waals surface area contributed by atoms with Gasteiger partial charge < -0.3 is 15.2 Å². The van der Waals surface area contributed by atoms with Crippen LogP contribution in [0.15, 0.2) is 0 Å². The zero-order valence-electron chi connectivity index (χ0n) is 8.25. The molecule has 0 radical (unpaired) electrons. The number of carboxylic acid groups (broad SMARTS) is 1. The molecule has 76 valence electrons. The molecular formula is C8H15NO4. The van der Waals surface area contributed by atoms with Crippen LogP contribution in [0, 0.1) is 0 Å². The summed E-state index contributed by atoms with van der Waals surface area (Å²) in [6, 6.07) is -1.03. The van der Waals surface area contributed by atoms with Gasteiger partial charge in [0.1, 0.15) is 0 Å². The molecule has 0 heterocycles. The largest absolute Gasteiger partial charge is 0.480 e. The summed E-state index contributed by atoms with van der Waals surface area (Å²) in [7, 11) is 1.40. The summed E-state index contributed by atoms with van der Waals surface area (Å²) in [5.74, 6) is -1.50. The number of carbonyl (C=O) groups is 2. The van der Waals surface area contributed by atoms with E-state index in [2.05, 4.69) is 5.32 Å². The highest BCUT2D eigenvalue weighted by Gasteiger charge is 2.35. The Morgan fingerprint density at radius 2 is 1.92 bits per heavy atom. The number of carboxylic acids is 1. The predicted octanol–water partition coefficient (Wildman–Crippen LogP) is 0.000700. The van der Waals surface area contributed by atoms with Crippen LogP contribution in [0.5, 0.6) is 0 Å². The molecule has 0 saturated heterocycles. The highest BCUT2D eigenvalue weighted by molar-refractivity contribution is 5.83. The first-order valence-corrected chi connectivity index (χ1v) is 3.86. The van der Waals surface area contributed by atoms with E-state index in [-0.39, 0.29) is 0 Å². The van der Waals surface area contributed by atoms with E-state index in [4.69, 9.17) is 9.84 Å². The van der Waals surface area contributed by atoms with E-state index in [9.17, 15) is 9.59 Å². The molecule has 0 aromatic rings. The second-order valence-electron chi connectivity index (χ2n) is 3.28. The fourth-order valence-corrected chi connectivity index (χ4v) is 0.854. The van der Waals surface area contributed by atoms with E-state index in [0.717, 1.165) is 0 Å². The van der Waals surface area contributed by atoms with Gasteiger partial charge in [-0.05, 0) is 13.8 Å². The number of rotatable bonds is 4. The van der Waals surface area contributed by atoms with Crippen molar-refractivity contribution in [1.29, 1.82) is 0 Å². The fourth-order valence-electron chi connectivity index (χ4n) is 0.854. The van der Waals surface area contributed by atoms with Gasteiger partial charge >= 0.3 is 5.97 Å². The van der Waals surface area contributed by atoms with Crippen molar-refractivity contribution >= 4 is 11.9 Å². The zero-order valence-corrected chi connectivity index (χ0v) is 8.25. The minimum absolute atomic E-state index is 0.391. The van der Waals surface area contributed by atoms with Gasteiger partial charge in [-0.1, -0.05) is 0 Å². The van der Waals surface area contributed by atoms with Crippen LogP contribution in [0.3, 0.4) is 0 Å². The van der Waals surface area contributed by atoms with Crippen LogP contribution in [-0.4, -0.2) is 35.7 Å². The Balaban J connectivity index is 4.60. The minimum atomic E-state index is -1.11. The maximum absolute atomic E-state index is 10.7. The van der Waals surface area contributed by atoms with Crippen molar-refractivity contribution in [1.82, 2.24) is 5.32 Å². The SMILES string of the molecule is COC(C)(C)C(NC(C)=O)C(=O)O. The normalized spacial score (nSPS) is 13.5. The Hall–Kier alpha value is -1.10. The van der Waals surface area contributed by atoms with E-state index >= 15 is 0 Å². The third-order valence-electron chi connectivity index (χ3n) is 1.82. The second-order valence-corrected chi connectivity index (χ2v) is 3.28. The lowest BCUT2D eigenvalue weighted by Crippen LogP contribution is -2.54. The third kappa shape index (κ3) is 3.42. The third-order valence-corrected chi connectivity index (χ3v) is 1.82. The summed E-state index contributed by atoms with van der Waals surface area (Å²) in [6.45, 7) is 4.46. The van der Waals surface area contributed by atoms with Crippen molar-refractivity contribution in [3.05, 3.63) is 0 Å². The molecule has 0 aromatic heterocycles. The number of carbonyl (C=O) groups excluding carboxylic acids is 1. The van der Waals surface area contributed by atoms with Crippen LogP contribution in [0.4, 0.5) is 0 Å². The van der Waals surface area contributed by atoms with Crippen molar-refractivity contribution in [3.8, 4) is 0 Å². The van der Waals surface area contributed by atoms with Crippen LogP contribution < -0.4 is 5.32 Å². The number of amides is 1. The van der Waals surface area contributed by atoms with Crippen molar-refractivity contribution in [2.24, 2.45) is 0 Å². The summed E-state index contributed by atoms with van der Waals surface area (Å²) < 4.78 is 4.97. The summed E-state index contributed by atoms with van der Waals surface area (Å²) in [5.41, 5.74) is -0.919. The first kappa shape index (κ1) is 11.9. The van der Waals surface area contributed by atoms with Crippen molar-refractivity contribution in [2.75, 3.05) is 7.11 Å². The van der Waals surface area contributed by atoms with Gasteiger partial charge in [-0.15, -0.1) is 0 Å². The van der Waals surface area contributed by atoms with Crippen LogP contribution in [0.25, 0.3) is 0 Å². The van der Waals surface area contributed by atoms with Gasteiger partial charge in [-0.25, -0.2) is 4.79 Å². The second kappa shape index (κ2) is 4.23. The van der Waals surface area contributed by atoms with E-state index in [1.54, 1.807) is 13.8 Å². The fraction of sp³-hybridized carbons (Fsp3) is 0.750. The molecule has 0 fully saturated rings. The number of hydrogen-bond donors (Lipinski definition) is 2. The summed E-state index contributed by atoms with van der Waals surface area (Å²) >= 11 is 0. The Labute approximate surface area is 77.1 Å². The standard InChI is InChI=1S/C8H15NO4/c1-5(10)9-6(7(11)12)8(2,3)13-4/h6H,1-4H3,(H,9,10)(H,11,12). The number of nitrogens with one attached hydrogen (secondary N) is 1. The number of hydrogen-bond acceptors (Lipinski definition) is 3. The quantitative estimate of drug-likeness (QED) is 0.652. The molecule has 0 spiro atoms. The van der Waals surface area contributed by atoms with Gasteiger partial charge in [0.2, 0.25) is 5.91 Å². The van der Waals surface area contributed by atoms with Gasteiger partial charge in [0.15, 0.2) is 6.04 Å². The van der Waals surface area contributed by atoms with E-state index in [0.29, 0.717) is 0 Å². The highest BCUT2D eigenvalue weighted by Crippen LogP contribution is 2.13. The number of aliphatic carboxylic acids is 1. The van der Waals surface area contributed by atoms with Crippen molar-refractivity contribution in [2.45, 2.75) is 32.4 Å². The molecule has 5 nitrogen and oxygen atoms in total. The van der Waals surface area contributed by atoms with Crippen molar-refractivity contribution < 1.29 is 19.4 Å². The Kier molecular flexibility index (Phi) is 3.87. The van der Waals surface area contributed by atoms with E-state index < -0.39 is 23.5 Å². The first-order valence-electron chi connectivity index (χ1n) is 3.86. The molecule has 0 aliphatic heterocycles. The summed E-state index contributed by atoms with van der Waals surface area (Å²) in [6.07, 6.45) is 0. The van der Waals surface area contributed by atoms with Gasteiger partial charge in [0.25, 0.3) is 0 Å². The molecule has 13 heavy (non-hydrogen) atoms. The molecule has 2 N–H and O–H groups in total. The zero-order chi connectivity index (χ0) is 10.6. The molecule has 0 rings (SSSR count). The molecule has 0 aliphatic carbocycles. The predicted molar refractivity (Wildman–Crippen MR) is 46.3 cm³/mol. The lowest BCUT2D eigenvalue weighted by atomic mass is 9.99. The van der Waals surface area contributed by atoms with E-state index in [1.807, 2.05) is 0 Å². The molecule has 0 bridgehead atoms. The van der Waals surface area contributed by atoms with Gasteiger partial charge in [-0.2, -0.15) is 0 Å². The monoisotopic (exact) mass is 189 g/mol. The highest BCUT2D eigenvalue weighted by atomic mass is 16.5. The molecule has 0 aliphatic rings. The lowest BCUT2D eigenvalue weighted by molar-refractivity contribution is -0.149. The van der Waals surface area contributed by atoms with Gasteiger partial charge in [-0.3, -0.25) is 4.79 Å². The van der Waals surface area contributed by atoms with Gasteiger partial charge in [0, 0.05) is 14.0 Å². The maximum Gasteiger partial charge on any atom is 0.329 e. The van der Waals surface area contributed by atoms with Crippen LogP contribution in [0.1, 0.15) is 20.8 Å². The Bertz CT molecular complexity index is 212. The summed E-state index contributed by atoms with van der Waals surface area (Å²) in [4.78, 5) is 21.4. The Morgan fingerprint density at radius 3 is 2.15 bits per heavy atom. The number of methoxy groups -OCH3 is 1. The topological polar surface area (TPSA) is 75.6 Å². The van der Waals surface area contributed by atoms with Gasteiger partial charge in [0.05, 0.1) is 5.60 Å². The van der Waals surface area contributed by atoms with E-state index in [1.165, 1.54) is 14.0 Å². The average Bonchev–Trinajstić information content (AvgIpc) is 1.99. The van der Waals surface area contributed by atoms with Crippen molar-refractivity contribution in [3.63, 3.8) is 0 Å². The molecule has 1 amide bonds. The molecule has 0 aromatic carbocycles. The number of ether oxygens (including phenoxy) is 1. The van der Waals surface area contributed by atoms with Crippen LogP contribution >= 0.6 is 0 Å². The molecule has 1 atom stereocenters.